The van der Waals surface area contributed by atoms with Crippen molar-refractivity contribution in [2.24, 2.45) is 0 Å². The number of rotatable bonds is 3. The second-order valence-corrected chi connectivity index (χ2v) is 7.22. The van der Waals surface area contributed by atoms with E-state index in [1.807, 2.05) is 18.2 Å². The van der Waals surface area contributed by atoms with Gasteiger partial charge in [0.2, 0.25) is 0 Å². The van der Waals surface area contributed by atoms with E-state index in [2.05, 4.69) is 21.3 Å². The molecule has 1 unspecified atom stereocenters. The average molecular weight is 389 g/mol. The van der Waals surface area contributed by atoms with Gasteiger partial charge in [-0.15, -0.1) is 0 Å². The molecule has 0 bridgehead atoms. The first-order valence-electron chi connectivity index (χ1n) is 8.49. The first-order valence-corrected chi connectivity index (χ1v) is 9.24. The van der Waals surface area contributed by atoms with E-state index in [1.165, 1.54) is 4.40 Å². The van der Waals surface area contributed by atoms with Crippen molar-refractivity contribution < 1.29 is 0 Å². The van der Waals surface area contributed by atoms with Crippen LogP contribution in [0.5, 0.6) is 0 Å². The lowest BCUT2D eigenvalue weighted by Gasteiger charge is -2.36. The highest BCUT2D eigenvalue weighted by atomic mass is 35.5. The molecule has 3 aromatic rings. The highest BCUT2D eigenvalue weighted by Gasteiger charge is 2.25. The number of piperazine rings is 1. The van der Waals surface area contributed by atoms with E-state index >= 15 is 0 Å². The second-order valence-electron chi connectivity index (χ2n) is 6.37. The lowest BCUT2D eigenvalue weighted by Crippen LogP contribution is -2.45. The number of hydrogen-bond acceptors (Lipinski definition) is 4. The van der Waals surface area contributed by atoms with Crippen LogP contribution in [0, 0.1) is 0 Å². The van der Waals surface area contributed by atoms with Gasteiger partial charge in [0, 0.05) is 49.5 Å². The molecule has 1 saturated heterocycles. The molecule has 0 saturated carbocycles. The molecule has 1 aliphatic rings. The largest absolute Gasteiger partial charge is 0.314 e. The van der Waals surface area contributed by atoms with E-state index < -0.39 is 0 Å². The topological polar surface area (TPSA) is 49.6 Å². The van der Waals surface area contributed by atoms with Crippen LogP contribution in [0.1, 0.15) is 17.3 Å². The molecular formula is C19H18Cl2N4O. The normalized spacial score (nSPS) is 18.3. The Bertz CT molecular complexity index is 1000. The van der Waals surface area contributed by atoms with Crippen LogP contribution in [0.2, 0.25) is 10.0 Å². The molecule has 1 fully saturated rings. The molecular weight excluding hydrogens is 371 g/mol. The quantitative estimate of drug-likeness (QED) is 0.748. The molecule has 0 radical (unpaired) electrons. The van der Waals surface area contributed by atoms with Gasteiger partial charge < -0.3 is 5.32 Å². The van der Waals surface area contributed by atoms with Crippen molar-refractivity contribution >= 4 is 28.8 Å². The summed E-state index contributed by atoms with van der Waals surface area (Å²) in [5.74, 6) is 0. The zero-order valence-electron chi connectivity index (χ0n) is 14.0. The predicted molar refractivity (Wildman–Crippen MR) is 104 cm³/mol. The third-order valence-electron chi connectivity index (χ3n) is 4.66. The zero-order valence-corrected chi connectivity index (χ0v) is 15.5. The molecule has 4 rings (SSSR count). The average Bonchev–Trinajstić information content (AvgIpc) is 2.64. The van der Waals surface area contributed by atoms with Gasteiger partial charge in [-0.05, 0) is 23.8 Å². The van der Waals surface area contributed by atoms with E-state index in [4.69, 9.17) is 23.2 Å². The highest BCUT2D eigenvalue weighted by Crippen LogP contribution is 2.29. The lowest BCUT2D eigenvalue weighted by molar-refractivity contribution is 0.152. The van der Waals surface area contributed by atoms with Gasteiger partial charge in [0.05, 0.1) is 10.7 Å². The summed E-state index contributed by atoms with van der Waals surface area (Å²) in [4.78, 5) is 19.4. The first-order chi connectivity index (χ1) is 12.6. The number of hydrogen-bond donors (Lipinski definition) is 1. The molecule has 0 spiro atoms. The Kier molecular flexibility index (Phi) is 4.96. The van der Waals surface area contributed by atoms with Crippen LogP contribution < -0.4 is 10.9 Å². The Balaban J connectivity index is 1.66. The number of pyridine rings is 1. The summed E-state index contributed by atoms with van der Waals surface area (Å²) in [7, 11) is 0. The fraction of sp³-hybridized carbons (Fsp3) is 0.263. The van der Waals surface area contributed by atoms with Crippen LogP contribution >= 0.6 is 23.2 Å². The number of aromatic nitrogens is 2. The number of fused-ring (bicyclic) bond motifs is 1. The lowest BCUT2D eigenvalue weighted by atomic mass is 10.0. The van der Waals surface area contributed by atoms with Crippen LogP contribution in [0.25, 0.3) is 5.65 Å². The monoisotopic (exact) mass is 388 g/mol. The molecule has 1 atom stereocenters. The summed E-state index contributed by atoms with van der Waals surface area (Å²) < 4.78 is 1.47. The molecule has 7 heteroatoms. The Morgan fingerprint density at radius 1 is 1.19 bits per heavy atom. The molecule has 1 N–H and O–H groups in total. The third kappa shape index (κ3) is 3.48. The number of nitrogens with one attached hydrogen (secondary N) is 1. The fourth-order valence-electron chi connectivity index (χ4n) is 3.40. The number of halogens is 2. The molecule has 134 valence electrons. The summed E-state index contributed by atoms with van der Waals surface area (Å²) in [5.41, 5.74) is 2.31. The summed E-state index contributed by atoms with van der Waals surface area (Å²) in [5, 5.41) is 4.69. The summed E-state index contributed by atoms with van der Waals surface area (Å²) in [6.07, 6.45) is 1.59. The minimum atomic E-state index is -0.128. The van der Waals surface area contributed by atoms with E-state index in [1.54, 1.807) is 24.4 Å². The van der Waals surface area contributed by atoms with E-state index in [9.17, 15) is 4.79 Å². The van der Waals surface area contributed by atoms with Crippen LogP contribution in [-0.2, 0) is 6.54 Å². The van der Waals surface area contributed by atoms with Crippen LogP contribution in [-0.4, -0.2) is 33.9 Å². The van der Waals surface area contributed by atoms with Crippen LogP contribution in [0.3, 0.4) is 0 Å². The Morgan fingerprint density at radius 2 is 2.04 bits per heavy atom. The van der Waals surface area contributed by atoms with Crippen molar-refractivity contribution in [3.05, 3.63) is 80.3 Å². The van der Waals surface area contributed by atoms with Crippen LogP contribution in [0.15, 0.2) is 53.5 Å². The van der Waals surface area contributed by atoms with Gasteiger partial charge in [0.25, 0.3) is 5.56 Å². The maximum atomic E-state index is 12.4. The van der Waals surface area contributed by atoms with Gasteiger partial charge in [-0.25, -0.2) is 4.98 Å². The van der Waals surface area contributed by atoms with Crippen LogP contribution in [0.4, 0.5) is 0 Å². The first kappa shape index (κ1) is 17.5. The maximum Gasteiger partial charge on any atom is 0.258 e. The predicted octanol–water partition coefficient (Wildman–Crippen LogP) is 3.15. The van der Waals surface area contributed by atoms with Crippen molar-refractivity contribution in [3.8, 4) is 0 Å². The SMILES string of the molecule is O=c1cc(CN2CCNCC2c2ccccc2Cl)nc2ccc(Cl)cn12. The Hall–Kier alpha value is -1.92. The summed E-state index contributed by atoms with van der Waals surface area (Å²) >= 11 is 12.4. The van der Waals surface area contributed by atoms with Gasteiger partial charge in [0.15, 0.2) is 0 Å². The maximum absolute atomic E-state index is 12.4. The molecule has 3 heterocycles. The highest BCUT2D eigenvalue weighted by molar-refractivity contribution is 6.31. The standard InChI is InChI=1S/C19H18Cl2N4O/c20-13-5-6-18-23-14(9-19(26)25(18)11-13)12-24-8-7-22-10-17(24)15-3-1-2-4-16(15)21/h1-6,9,11,17,22H,7-8,10,12H2. The van der Waals surface area contributed by atoms with Gasteiger partial charge in [0.1, 0.15) is 5.65 Å². The van der Waals surface area contributed by atoms with Gasteiger partial charge in [-0.3, -0.25) is 14.1 Å². The summed E-state index contributed by atoms with van der Waals surface area (Å²) in [6.45, 7) is 3.15. The summed E-state index contributed by atoms with van der Waals surface area (Å²) in [6, 6.07) is 13.1. The van der Waals surface area contributed by atoms with Crippen molar-refractivity contribution in [1.82, 2.24) is 19.6 Å². The van der Waals surface area contributed by atoms with Gasteiger partial charge >= 0.3 is 0 Å². The zero-order chi connectivity index (χ0) is 18.1. The molecule has 1 aliphatic heterocycles. The van der Waals surface area contributed by atoms with E-state index in [0.29, 0.717) is 17.2 Å². The number of nitrogens with zero attached hydrogens (tertiary/aromatic N) is 3. The number of benzene rings is 1. The minimum Gasteiger partial charge on any atom is -0.314 e. The Morgan fingerprint density at radius 3 is 2.88 bits per heavy atom. The van der Waals surface area contributed by atoms with Gasteiger partial charge in [-0.2, -0.15) is 0 Å². The molecule has 5 nitrogen and oxygen atoms in total. The second kappa shape index (κ2) is 7.37. The van der Waals surface area contributed by atoms with Crippen molar-refractivity contribution in [1.29, 1.82) is 0 Å². The smallest absolute Gasteiger partial charge is 0.258 e. The molecule has 26 heavy (non-hydrogen) atoms. The van der Waals surface area contributed by atoms with Crippen molar-refractivity contribution in [2.75, 3.05) is 19.6 Å². The van der Waals surface area contributed by atoms with E-state index in [-0.39, 0.29) is 11.6 Å². The van der Waals surface area contributed by atoms with Gasteiger partial charge in [-0.1, -0.05) is 41.4 Å². The Labute approximate surface area is 161 Å². The third-order valence-corrected chi connectivity index (χ3v) is 5.23. The van der Waals surface area contributed by atoms with E-state index in [0.717, 1.165) is 35.9 Å². The molecule has 0 amide bonds. The minimum absolute atomic E-state index is 0.128. The van der Waals surface area contributed by atoms with Crippen molar-refractivity contribution in [2.45, 2.75) is 12.6 Å². The molecule has 0 aliphatic carbocycles. The molecule has 1 aromatic carbocycles. The fourth-order valence-corrected chi connectivity index (χ4v) is 3.83. The molecule has 2 aromatic heterocycles. The van der Waals surface area contributed by atoms with Crippen molar-refractivity contribution in [3.63, 3.8) is 0 Å².